The van der Waals surface area contributed by atoms with Gasteiger partial charge in [0.15, 0.2) is 0 Å². The van der Waals surface area contributed by atoms with Gasteiger partial charge in [0, 0.05) is 34.1 Å². The number of carbonyl (C=O) groups excluding carboxylic acids is 1. The van der Waals surface area contributed by atoms with E-state index in [1.165, 1.54) is 6.07 Å². The molecular formula is C27H26F2N4O2. The van der Waals surface area contributed by atoms with E-state index in [0.29, 0.717) is 16.8 Å². The maximum absolute atomic E-state index is 16.2. The molecule has 0 radical (unpaired) electrons. The van der Waals surface area contributed by atoms with Gasteiger partial charge in [0.25, 0.3) is 0 Å². The van der Waals surface area contributed by atoms with Crippen LogP contribution in [0, 0.1) is 18.6 Å². The summed E-state index contributed by atoms with van der Waals surface area (Å²) in [5.74, 6) is -1.58. The molecule has 180 valence electrons. The summed E-state index contributed by atoms with van der Waals surface area (Å²) < 4.78 is 31.6. The second-order valence-corrected chi connectivity index (χ2v) is 9.44. The number of halogens is 2. The van der Waals surface area contributed by atoms with Gasteiger partial charge in [-0.15, -0.1) is 0 Å². The number of anilines is 2. The number of urea groups is 1. The number of aliphatic hydroxyl groups is 1. The first-order chi connectivity index (χ1) is 16.7. The highest BCUT2D eigenvalue weighted by Gasteiger charge is 2.44. The average molecular weight is 477 g/mol. The Kier molecular flexibility index (Phi) is 5.48. The van der Waals surface area contributed by atoms with Crippen molar-refractivity contribution in [3.8, 4) is 11.1 Å². The number of carbonyl (C=O) groups is 1. The lowest BCUT2D eigenvalue weighted by Gasteiger charge is -2.43. The number of para-hydroxylation sites is 2. The molecule has 5 N–H and O–H groups in total. The summed E-state index contributed by atoms with van der Waals surface area (Å²) in [5.41, 5.74) is 1.46. The number of fused-ring (bicyclic) bond motifs is 2. The number of hydrogen-bond donors (Lipinski definition) is 5. The van der Waals surface area contributed by atoms with E-state index in [0.717, 1.165) is 10.9 Å². The van der Waals surface area contributed by atoms with Crippen molar-refractivity contribution in [2.75, 3.05) is 10.6 Å². The Hall–Kier alpha value is -3.91. The monoisotopic (exact) mass is 476 g/mol. The molecule has 0 bridgehead atoms. The number of rotatable bonds is 3. The van der Waals surface area contributed by atoms with Gasteiger partial charge < -0.3 is 26.0 Å². The fourth-order valence-corrected chi connectivity index (χ4v) is 4.77. The number of amides is 2. The van der Waals surface area contributed by atoms with Gasteiger partial charge in [-0.3, -0.25) is 0 Å². The van der Waals surface area contributed by atoms with Gasteiger partial charge in [-0.1, -0.05) is 36.4 Å². The van der Waals surface area contributed by atoms with Gasteiger partial charge in [-0.25, -0.2) is 13.6 Å². The lowest BCUT2D eigenvalue weighted by molar-refractivity contribution is 0.0712. The van der Waals surface area contributed by atoms with E-state index in [4.69, 9.17) is 0 Å². The van der Waals surface area contributed by atoms with Crippen molar-refractivity contribution in [2.45, 2.75) is 38.5 Å². The molecule has 2 atom stereocenters. The predicted octanol–water partition coefficient (Wildman–Crippen LogP) is 5.85. The Labute approximate surface area is 201 Å². The highest BCUT2D eigenvalue weighted by atomic mass is 19.1. The topological polar surface area (TPSA) is 89.2 Å². The number of aryl methyl sites for hydroxylation is 1. The van der Waals surface area contributed by atoms with Crippen LogP contribution in [0.15, 0.2) is 60.8 Å². The van der Waals surface area contributed by atoms with E-state index in [1.807, 2.05) is 19.1 Å². The average Bonchev–Trinajstić information content (AvgIpc) is 3.19. The van der Waals surface area contributed by atoms with Crippen molar-refractivity contribution < 1.29 is 18.7 Å². The molecule has 1 aliphatic heterocycles. The van der Waals surface area contributed by atoms with Crippen LogP contribution in [0.1, 0.15) is 31.0 Å². The number of aromatic amines is 1. The lowest BCUT2D eigenvalue weighted by Crippen LogP contribution is -2.55. The van der Waals surface area contributed by atoms with Gasteiger partial charge in [0.05, 0.1) is 22.7 Å². The summed E-state index contributed by atoms with van der Waals surface area (Å²) >= 11 is 0. The maximum atomic E-state index is 16.2. The van der Waals surface area contributed by atoms with Crippen LogP contribution in [0.5, 0.6) is 0 Å². The molecule has 0 unspecified atom stereocenters. The minimum absolute atomic E-state index is 0.00304. The van der Waals surface area contributed by atoms with Crippen LogP contribution >= 0.6 is 0 Å². The quantitative estimate of drug-likeness (QED) is 0.257. The summed E-state index contributed by atoms with van der Waals surface area (Å²) in [7, 11) is 0. The van der Waals surface area contributed by atoms with Crippen LogP contribution in [0.3, 0.4) is 0 Å². The number of H-pyrrole nitrogens is 1. The third-order valence-electron chi connectivity index (χ3n) is 6.59. The van der Waals surface area contributed by atoms with Crippen molar-refractivity contribution in [3.63, 3.8) is 0 Å². The number of hydrogen-bond acceptors (Lipinski definition) is 3. The molecule has 1 aliphatic rings. The second kappa shape index (κ2) is 8.39. The number of benzene rings is 3. The molecule has 8 heteroatoms. The lowest BCUT2D eigenvalue weighted by atomic mass is 9.81. The Bertz CT molecular complexity index is 1430. The Morgan fingerprint density at radius 2 is 1.83 bits per heavy atom. The normalized spacial score (nSPS) is 18.6. The number of nitrogens with one attached hydrogen (secondary N) is 4. The molecule has 0 saturated carbocycles. The Morgan fingerprint density at radius 1 is 1.09 bits per heavy atom. The van der Waals surface area contributed by atoms with Crippen LogP contribution in [-0.2, 0) is 0 Å². The number of aromatic nitrogens is 1. The third-order valence-corrected chi connectivity index (χ3v) is 6.59. The molecule has 2 heterocycles. The second-order valence-electron chi connectivity index (χ2n) is 9.44. The summed E-state index contributed by atoms with van der Waals surface area (Å²) in [6.07, 6.45) is 0.585. The maximum Gasteiger partial charge on any atom is 0.319 e. The first-order valence-electron chi connectivity index (χ1n) is 11.3. The van der Waals surface area contributed by atoms with Crippen LogP contribution in [0.25, 0.3) is 22.0 Å². The van der Waals surface area contributed by atoms with E-state index in [9.17, 15) is 9.90 Å². The van der Waals surface area contributed by atoms with Crippen molar-refractivity contribution in [3.05, 3.63) is 83.6 Å². The standard InChI is InChI=1S/C27H26F2N4O2/c1-14-13-30-23-16(14)10-7-11-17(23)20-18(28)12-19-21(22(20)29)24(25(34)27(2,3)33-19)32-26(35)31-15-8-5-4-6-9-15/h4-13,24-25,30,33-34H,1-3H3,(H2,31,32,35)/t24-,25+/m0/s1. The third kappa shape index (κ3) is 3.89. The predicted molar refractivity (Wildman–Crippen MR) is 133 cm³/mol. The zero-order valence-corrected chi connectivity index (χ0v) is 19.5. The van der Waals surface area contributed by atoms with Gasteiger partial charge in [0.2, 0.25) is 0 Å². The number of aliphatic hydroxyl groups excluding tert-OH is 1. The summed E-state index contributed by atoms with van der Waals surface area (Å²) in [6, 6.07) is 13.5. The molecule has 35 heavy (non-hydrogen) atoms. The first-order valence-corrected chi connectivity index (χ1v) is 11.3. The summed E-state index contributed by atoms with van der Waals surface area (Å²) in [4.78, 5) is 15.9. The van der Waals surface area contributed by atoms with Crippen molar-refractivity contribution in [1.29, 1.82) is 0 Å². The molecule has 0 spiro atoms. The molecule has 0 fully saturated rings. The molecule has 3 aromatic carbocycles. The fraction of sp³-hybridized carbons (Fsp3) is 0.222. The minimum Gasteiger partial charge on any atom is -0.388 e. The summed E-state index contributed by atoms with van der Waals surface area (Å²) in [5, 5.41) is 20.4. The highest BCUT2D eigenvalue weighted by molar-refractivity contribution is 5.97. The van der Waals surface area contributed by atoms with Crippen LogP contribution in [0.2, 0.25) is 0 Å². The van der Waals surface area contributed by atoms with E-state index in [1.54, 1.807) is 56.4 Å². The highest BCUT2D eigenvalue weighted by Crippen LogP contribution is 2.44. The first kappa shape index (κ1) is 22.9. The molecule has 1 aromatic heterocycles. The molecule has 0 saturated heterocycles. The zero-order valence-electron chi connectivity index (χ0n) is 19.5. The van der Waals surface area contributed by atoms with Crippen LogP contribution in [-0.4, -0.2) is 27.8 Å². The molecule has 5 rings (SSSR count). The molecule has 6 nitrogen and oxygen atoms in total. The molecule has 2 amide bonds. The van der Waals surface area contributed by atoms with E-state index in [-0.39, 0.29) is 16.8 Å². The van der Waals surface area contributed by atoms with Gasteiger partial charge in [-0.2, -0.15) is 0 Å². The van der Waals surface area contributed by atoms with Gasteiger partial charge >= 0.3 is 6.03 Å². The Morgan fingerprint density at radius 3 is 2.57 bits per heavy atom. The van der Waals surface area contributed by atoms with Crippen LogP contribution in [0.4, 0.5) is 25.0 Å². The SMILES string of the molecule is Cc1c[nH]c2c(-c3c(F)cc4c(c3F)[C@H](NC(=O)Nc3ccccc3)[C@@H](O)C(C)(C)N4)cccc12. The van der Waals surface area contributed by atoms with E-state index in [2.05, 4.69) is 20.9 Å². The van der Waals surface area contributed by atoms with E-state index >= 15 is 8.78 Å². The van der Waals surface area contributed by atoms with Gasteiger partial charge in [-0.05, 0) is 44.5 Å². The van der Waals surface area contributed by atoms with Crippen molar-refractivity contribution in [1.82, 2.24) is 10.3 Å². The largest absolute Gasteiger partial charge is 0.388 e. The zero-order chi connectivity index (χ0) is 24.9. The molecule has 0 aliphatic carbocycles. The van der Waals surface area contributed by atoms with E-state index < -0.39 is 35.4 Å². The van der Waals surface area contributed by atoms with Gasteiger partial charge in [0.1, 0.15) is 17.7 Å². The smallest absolute Gasteiger partial charge is 0.319 e. The molecular weight excluding hydrogens is 450 g/mol. The summed E-state index contributed by atoms with van der Waals surface area (Å²) in [6.45, 7) is 5.32. The van der Waals surface area contributed by atoms with Crippen LogP contribution < -0.4 is 16.0 Å². The minimum atomic E-state index is -1.20. The van der Waals surface area contributed by atoms with Crippen molar-refractivity contribution >= 4 is 28.3 Å². The van der Waals surface area contributed by atoms with Crippen molar-refractivity contribution in [2.24, 2.45) is 0 Å². The molecule has 4 aromatic rings. The Balaban J connectivity index is 1.62. The fourth-order valence-electron chi connectivity index (χ4n) is 4.77.